The number of hydrogen-bond acceptors (Lipinski definition) is 6. The standard InChI is InChI=1S/C28H30F6N2O5/c1-40-26(39)23-13-19(37)14-36(23)25(38)24-21(3-2-4-22(24)29)18-5-7-20(8-6-18)41-15-17-9-11-35(12-10-17)16-27(30,31)28(32,33)34/h2-8,17,19,23,37H,9-16H2,1H3/t19-,23+/m1/s1. The minimum atomic E-state index is -5.58. The van der Waals surface area contributed by atoms with Crippen molar-refractivity contribution in [2.24, 2.45) is 5.92 Å². The van der Waals surface area contributed by atoms with E-state index < -0.39 is 48.5 Å². The van der Waals surface area contributed by atoms with Gasteiger partial charge in [-0.1, -0.05) is 24.3 Å². The van der Waals surface area contributed by atoms with Crippen LogP contribution in [0.4, 0.5) is 26.3 Å². The monoisotopic (exact) mass is 588 g/mol. The van der Waals surface area contributed by atoms with Gasteiger partial charge in [-0.05, 0) is 61.2 Å². The topological polar surface area (TPSA) is 79.3 Å². The number of esters is 1. The summed E-state index contributed by atoms with van der Waals surface area (Å²) in [5.74, 6) is -6.60. The Morgan fingerprint density at radius 1 is 1.02 bits per heavy atom. The van der Waals surface area contributed by atoms with Gasteiger partial charge in [0, 0.05) is 13.0 Å². The van der Waals surface area contributed by atoms with Crippen LogP contribution in [-0.2, 0) is 9.53 Å². The molecule has 0 spiro atoms. The highest BCUT2D eigenvalue weighted by Crippen LogP contribution is 2.37. The molecule has 2 aliphatic heterocycles. The molecule has 0 radical (unpaired) electrons. The van der Waals surface area contributed by atoms with Gasteiger partial charge in [0.05, 0.1) is 31.9 Å². The third kappa shape index (κ3) is 6.95. The van der Waals surface area contributed by atoms with Gasteiger partial charge in [-0.15, -0.1) is 0 Å². The number of likely N-dealkylation sites (tertiary alicyclic amines) is 2. The number of benzene rings is 2. The molecule has 41 heavy (non-hydrogen) atoms. The number of ether oxygens (including phenoxy) is 2. The lowest BCUT2D eigenvalue weighted by molar-refractivity contribution is -0.287. The number of piperidine rings is 1. The molecule has 0 aliphatic carbocycles. The molecule has 2 saturated heterocycles. The highest BCUT2D eigenvalue weighted by molar-refractivity contribution is 6.03. The van der Waals surface area contributed by atoms with Crippen molar-refractivity contribution in [3.63, 3.8) is 0 Å². The van der Waals surface area contributed by atoms with E-state index in [0.717, 1.165) is 23.0 Å². The Morgan fingerprint density at radius 2 is 1.68 bits per heavy atom. The molecule has 2 aliphatic rings. The molecule has 224 valence electrons. The van der Waals surface area contributed by atoms with Crippen LogP contribution in [0.15, 0.2) is 42.5 Å². The Balaban J connectivity index is 1.39. The van der Waals surface area contributed by atoms with E-state index in [1.54, 1.807) is 30.3 Å². The first-order valence-electron chi connectivity index (χ1n) is 13.1. The second kappa shape index (κ2) is 12.3. The smallest absolute Gasteiger partial charge is 0.454 e. The lowest BCUT2D eigenvalue weighted by Gasteiger charge is -2.34. The van der Waals surface area contributed by atoms with E-state index in [2.05, 4.69) is 0 Å². The van der Waals surface area contributed by atoms with Gasteiger partial charge in [-0.3, -0.25) is 9.69 Å². The van der Waals surface area contributed by atoms with Crippen molar-refractivity contribution >= 4 is 11.9 Å². The minimum Gasteiger partial charge on any atom is -0.493 e. The maximum Gasteiger partial charge on any atom is 0.454 e. The average molecular weight is 589 g/mol. The highest BCUT2D eigenvalue weighted by Gasteiger charge is 2.58. The molecule has 0 unspecified atom stereocenters. The number of nitrogens with zero attached hydrogens (tertiary/aromatic N) is 2. The Kier molecular flexibility index (Phi) is 9.17. The molecule has 4 rings (SSSR count). The van der Waals surface area contributed by atoms with Crippen molar-refractivity contribution in [3.05, 3.63) is 53.8 Å². The van der Waals surface area contributed by atoms with E-state index in [1.165, 1.54) is 6.07 Å². The van der Waals surface area contributed by atoms with Crippen molar-refractivity contribution in [2.45, 2.75) is 43.5 Å². The van der Waals surface area contributed by atoms with Gasteiger partial charge in [0.2, 0.25) is 0 Å². The summed E-state index contributed by atoms with van der Waals surface area (Å²) in [5, 5.41) is 10.0. The van der Waals surface area contributed by atoms with Gasteiger partial charge in [0.15, 0.2) is 0 Å². The van der Waals surface area contributed by atoms with E-state index in [-0.39, 0.29) is 49.7 Å². The zero-order valence-corrected chi connectivity index (χ0v) is 22.2. The first kappa shape index (κ1) is 30.6. The van der Waals surface area contributed by atoms with Gasteiger partial charge >= 0.3 is 18.1 Å². The third-order valence-corrected chi connectivity index (χ3v) is 7.44. The predicted octanol–water partition coefficient (Wildman–Crippen LogP) is 4.53. The normalized spacial score (nSPS) is 20.7. The van der Waals surface area contributed by atoms with Crippen LogP contribution in [0.5, 0.6) is 5.75 Å². The van der Waals surface area contributed by atoms with Crippen LogP contribution in [0.25, 0.3) is 11.1 Å². The van der Waals surface area contributed by atoms with Crippen molar-refractivity contribution in [2.75, 3.05) is 39.9 Å². The van der Waals surface area contributed by atoms with Crippen LogP contribution in [0.1, 0.15) is 29.6 Å². The Labute approximate surface area is 232 Å². The summed E-state index contributed by atoms with van der Waals surface area (Å²) in [5.41, 5.74) is 0.509. The van der Waals surface area contributed by atoms with E-state index >= 15 is 0 Å². The first-order chi connectivity index (χ1) is 19.3. The highest BCUT2D eigenvalue weighted by atomic mass is 19.4. The number of carbonyl (C=O) groups excluding carboxylic acids is 2. The lowest BCUT2D eigenvalue weighted by Crippen LogP contribution is -2.49. The molecule has 0 bridgehead atoms. The average Bonchev–Trinajstić information content (AvgIpc) is 3.33. The second-order valence-corrected chi connectivity index (χ2v) is 10.3. The Bertz CT molecular complexity index is 1230. The number of methoxy groups -OCH3 is 1. The molecule has 1 amide bonds. The van der Waals surface area contributed by atoms with E-state index in [4.69, 9.17) is 9.47 Å². The number of rotatable bonds is 8. The summed E-state index contributed by atoms with van der Waals surface area (Å²) in [7, 11) is 1.16. The largest absolute Gasteiger partial charge is 0.493 e. The number of hydrogen-bond donors (Lipinski definition) is 1. The zero-order valence-electron chi connectivity index (χ0n) is 22.2. The van der Waals surface area contributed by atoms with Crippen LogP contribution in [0, 0.1) is 11.7 Å². The molecule has 1 N–H and O–H groups in total. The number of carbonyl (C=O) groups is 2. The summed E-state index contributed by atoms with van der Waals surface area (Å²) < 4.78 is 89.6. The maximum atomic E-state index is 15.0. The molecule has 7 nitrogen and oxygen atoms in total. The number of aliphatic hydroxyl groups is 1. The Morgan fingerprint density at radius 3 is 2.29 bits per heavy atom. The van der Waals surface area contributed by atoms with Gasteiger partial charge < -0.3 is 19.5 Å². The number of halogens is 6. The number of amides is 1. The van der Waals surface area contributed by atoms with Gasteiger partial charge in [0.25, 0.3) is 5.91 Å². The molecule has 2 fully saturated rings. The molecular weight excluding hydrogens is 558 g/mol. The quantitative estimate of drug-likeness (QED) is 0.361. The summed E-state index contributed by atoms with van der Waals surface area (Å²) in [6.45, 7) is -1.08. The fourth-order valence-electron chi connectivity index (χ4n) is 5.15. The maximum absolute atomic E-state index is 15.0. The summed E-state index contributed by atoms with van der Waals surface area (Å²) in [6, 6.07) is 9.57. The molecule has 2 heterocycles. The summed E-state index contributed by atoms with van der Waals surface area (Å²) in [6.07, 6.45) is -5.76. The van der Waals surface area contributed by atoms with Crippen LogP contribution in [0.3, 0.4) is 0 Å². The fourth-order valence-corrected chi connectivity index (χ4v) is 5.15. The van der Waals surface area contributed by atoms with Crippen molar-refractivity contribution in [1.82, 2.24) is 9.80 Å². The van der Waals surface area contributed by atoms with Gasteiger partial charge in [-0.25, -0.2) is 9.18 Å². The minimum absolute atomic E-state index is 0.0205. The summed E-state index contributed by atoms with van der Waals surface area (Å²) in [4.78, 5) is 27.7. The van der Waals surface area contributed by atoms with E-state index in [0.29, 0.717) is 24.2 Å². The second-order valence-electron chi connectivity index (χ2n) is 10.3. The SMILES string of the molecule is COC(=O)[C@@H]1C[C@@H](O)CN1C(=O)c1c(F)cccc1-c1ccc(OCC2CCN(CC(F)(F)C(F)(F)F)CC2)cc1. The molecular formula is C28H30F6N2O5. The predicted molar refractivity (Wildman–Crippen MR) is 135 cm³/mol. The molecule has 2 atom stereocenters. The fraction of sp³-hybridized carbons (Fsp3) is 0.500. The lowest BCUT2D eigenvalue weighted by atomic mass is 9.97. The molecule has 0 saturated carbocycles. The van der Waals surface area contributed by atoms with Crippen molar-refractivity contribution in [3.8, 4) is 16.9 Å². The van der Waals surface area contributed by atoms with E-state index in [9.17, 15) is 41.0 Å². The van der Waals surface area contributed by atoms with Crippen LogP contribution < -0.4 is 4.74 Å². The van der Waals surface area contributed by atoms with Gasteiger partial charge in [-0.2, -0.15) is 22.0 Å². The van der Waals surface area contributed by atoms with Gasteiger partial charge in [0.1, 0.15) is 17.6 Å². The summed E-state index contributed by atoms with van der Waals surface area (Å²) >= 11 is 0. The zero-order chi connectivity index (χ0) is 29.9. The first-order valence-corrected chi connectivity index (χ1v) is 13.1. The van der Waals surface area contributed by atoms with Crippen molar-refractivity contribution < 1.29 is 50.5 Å². The molecule has 2 aromatic carbocycles. The molecule has 13 heteroatoms. The van der Waals surface area contributed by atoms with E-state index in [1.807, 2.05) is 0 Å². The number of alkyl halides is 5. The van der Waals surface area contributed by atoms with Crippen molar-refractivity contribution in [1.29, 1.82) is 0 Å². The van der Waals surface area contributed by atoms with Crippen LogP contribution >= 0.6 is 0 Å². The molecule has 0 aromatic heterocycles. The van der Waals surface area contributed by atoms with Crippen LogP contribution in [0.2, 0.25) is 0 Å². The number of aliphatic hydroxyl groups excluding tert-OH is 1. The molecule has 2 aromatic rings. The third-order valence-electron chi connectivity index (χ3n) is 7.44. The Hall–Kier alpha value is -3.32. The van der Waals surface area contributed by atoms with Crippen LogP contribution in [-0.4, -0.2) is 90.9 Å². The number of β-amino-alcohol motifs (C(OH)–C–C–N with tert-alkyl or cyclic N) is 1.